The Kier molecular flexibility index (Phi) is 5.16. The summed E-state index contributed by atoms with van der Waals surface area (Å²) in [5.41, 5.74) is 0.894. The van der Waals surface area contributed by atoms with E-state index in [-0.39, 0.29) is 37.1 Å². The van der Waals surface area contributed by atoms with Crippen molar-refractivity contribution in [3.8, 4) is 0 Å². The molecular weight excluding hydrogens is 403 g/mol. The lowest BCUT2D eigenvalue weighted by atomic mass is 10.1. The Hall–Kier alpha value is -2.69. The van der Waals surface area contributed by atoms with Gasteiger partial charge in [-0.15, -0.1) is 10.2 Å². The molecule has 4 rings (SSSR count). The number of aryl methyl sites for hydroxylation is 2. The number of carbonyl (C=O) groups excluding carboxylic acids is 1. The number of nitrogens with zero attached hydrogens (tertiary/aromatic N) is 5. The van der Waals surface area contributed by atoms with Gasteiger partial charge in [0.2, 0.25) is 5.82 Å². The van der Waals surface area contributed by atoms with Gasteiger partial charge in [-0.05, 0) is 38.3 Å². The largest absolute Gasteiger partial charge is 0.451 e. The average Bonchev–Trinajstić information content (AvgIpc) is 3.33. The van der Waals surface area contributed by atoms with Crippen LogP contribution in [0.5, 0.6) is 0 Å². The molecule has 30 heavy (non-hydrogen) atoms. The Balaban J connectivity index is 1.62. The highest BCUT2D eigenvalue weighted by atomic mass is 19.4. The van der Waals surface area contributed by atoms with E-state index in [0.29, 0.717) is 18.7 Å². The minimum absolute atomic E-state index is 0.0302. The Morgan fingerprint density at radius 2 is 2.03 bits per heavy atom. The number of halogens is 3. The van der Waals surface area contributed by atoms with Crippen molar-refractivity contribution in [2.24, 2.45) is 0 Å². The Morgan fingerprint density at radius 1 is 1.27 bits per heavy atom. The monoisotopic (exact) mass is 425 g/mol. The summed E-state index contributed by atoms with van der Waals surface area (Å²) in [5, 5.41) is 6.82. The van der Waals surface area contributed by atoms with E-state index in [1.165, 1.54) is 4.90 Å². The van der Waals surface area contributed by atoms with Crippen LogP contribution in [0, 0.1) is 13.8 Å². The maximum Gasteiger partial charge on any atom is 0.451 e. The van der Waals surface area contributed by atoms with Crippen molar-refractivity contribution in [2.75, 3.05) is 13.2 Å². The molecule has 0 saturated carbocycles. The lowest BCUT2D eigenvalue weighted by Crippen LogP contribution is -2.43. The molecule has 2 aliphatic rings. The van der Waals surface area contributed by atoms with E-state index in [0.717, 1.165) is 23.1 Å². The molecule has 0 unspecified atom stereocenters. The van der Waals surface area contributed by atoms with Crippen molar-refractivity contribution < 1.29 is 22.7 Å². The van der Waals surface area contributed by atoms with Crippen LogP contribution in [-0.2, 0) is 30.5 Å². The molecule has 0 aliphatic carbocycles. The van der Waals surface area contributed by atoms with Crippen LogP contribution in [0.4, 0.5) is 13.2 Å². The van der Waals surface area contributed by atoms with E-state index in [9.17, 15) is 22.8 Å². The van der Waals surface area contributed by atoms with Crippen molar-refractivity contribution in [1.82, 2.24) is 24.2 Å². The summed E-state index contributed by atoms with van der Waals surface area (Å²) in [6.45, 7) is 4.33. The van der Waals surface area contributed by atoms with Crippen LogP contribution < -0.4 is 5.56 Å². The molecule has 1 fully saturated rings. The van der Waals surface area contributed by atoms with Crippen LogP contribution in [0.15, 0.2) is 10.9 Å². The van der Waals surface area contributed by atoms with Crippen molar-refractivity contribution >= 4 is 5.91 Å². The summed E-state index contributed by atoms with van der Waals surface area (Å²) in [4.78, 5) is 27.6. The number of fused-ring (bicyclic) bond motifs is 1. The summed E-state index contributed by atoms with van der Waals surface area (Å²) in [6, 6.07) is 1.78. The van der Waals surface area contributed by atoms with Crippen molar-refractivity contribution in [2.45, 2.75) is 58.6 Å². The number of rotatable bonds is 3. The summed E-state index contributed by atoms with van der Waals surface area (Å²) >= 11 is 0. The van der Waals surface area contributed by atoms with Crippen LogP contribution >= 0.6 is 0 Å². The maximum absolute atomic E-state index is 13.2. The molecule has 4 heterocycles. The molecule has 162 valence electrons. The second-order valence-electron chi connectivity index (χ2n) is 7.71. The smallest absolute Gasteiger partial charge is 0.376 e. The zero-order valence-electron chi connectivity index (χ0n) is 16.7. The number of hydrogen-bond donors (Lipinski definition) is 0. The zero-order valence-corrected chi connectivity index (χ0v) is 16.7. The molecule has 1 saturated heterocycles. The molecule has 0 N–H and O–H groups in total. The quantitative estimate of drug-likeness (QED) is 0.751. The van der Waals surface area contributed by atoms with Gasteiger partial charge in [0.05, 0.1) is 19.2 Å². The fourth-order valence-corrected chi connectivity index (χ4v) is 4.11. The molecule has 8 nitrogen and oxygen atoms in total. The number of hydrogen-bond acceptors (Lipinski definition) is 5. The van der Waals surface area contributed by atoms with Crippen LogP contribution in [0.1, 0.15) is 46.1 Å². The number of carbonyl (C=O) groups is 1. The fourth-order valence-electron chi connectivity index (χ4n) is 4.11. The molecule has 11 heteroatoms. The van der Waals surface area contributed by atoms with Gasteiger partial charge >= 0.3 is 6.18 Å². The first-order chi connectivity index (χ1) is 14.2. The van der Waals surface area contributed by atoms with Crippen LogP contribution in [0.2, 0.25) is 0 Å². The highest BCUT2D eigenvalue weighted by Crippen LogP contribution is 2.29. The second-order valence-corrected chi connectivity index (χ2v) is 7.71. The van der Waals surface area contributed by atoms with Gasteiger partial charge in [-0.3, -0.25) is 9.59 Å². The van der Waals surface area contributed by atoms with E-state index in [1.54, 1.807) is 24.5 Å². The Bertz CT molecular complexity index is 1040. The molecule has 1 atom stereocenters. The first-order valence-electron chi connectivity index (χ1n) is 9.78. The van der Waals surface area contributed by atoms with Gasteiger partial charge in [-0.25, -0.2) is 0 Å². The normalized spacial score (nSPS) is 19.2. The van der Waals surface area contributed by atoms with Crippen molar-refractivity contribution in [3.05, 3.63) is 44.9 Å². The molecule has 0 radical (unpaired) electrons. The second kappa shape index (κ2) is 7.53. The van der Waals surface area contributed by atoms with Gasteiger partial charge in [-0.1, -0.05) is 0 Å². The van der Waals surface area contributed by atoms with E-state index in [4.69, 9.17) is 4.74 Å². The minimum Gasteiger partial charge on any atom is -0.376 e. The lowest BCUT2D eigenvalue weighted by Gasteiger charge is -2.28. The van der Waals surface area contributed by atoms with Crippen LogP contribution in [0.3, 0.4) is 0 Å². The van der Waals surface area contributed by atoms with Gasteiger partial charge in [0, 0.05) is 25.4 Å². The number of aromatic nitrogens is 4. The number of amides is 1. The molecule has 2 aliphatic heterocycles. The summed E-state index contributed by atoms with van der Waals surface area (Å²) in [6.07, 6.45) is -2.89. The maximum atomic E-state index is 13.2. The summed E-state index contributed by atoms with van der Waals surface area (Å²) < 4.78 is 47.2. The average molecular weight is 425 g/mol. The molecule has 0 spiro atoms. The number of ether oxygens (including phenoxy) is 1. The highest BCUT2D eigenvalue weighted by molar-refractivity contribution is 5.95. The topological polar surface area (TPSA) is 82.2 Å². The molecule has 2 aromatic rings. The fraction of sp³-hybridized carbons (Fsp3) is 0.579. The molecular formula is C19H22F3N5O3. The van der Waals surface area contributed by atoms with E-state index in [1.807, 2.05) is 0 Å². The third-order valence-corrected chi connectivity index (χ3v) is 5.62. The van der Waals surface area contributed by atoms with Gasteiger partial charge in [-0.2, -0.15) is 13.2 Å². The van der Waals surface area contributed by atoms with Crippen molar-refractivity contribution in [3.63, 3.8) is 0 Å². The Morgan fingerprint density at radius 3 is 2.70 bits per heavy atom. The third-order valence-electron chi connectivity index (χ3n) is 5.62. The SMILES string of the molecule is Cc1cc(C)n(C[C@H]2CCCO2)c(=O)c1C(=O)N1CCn2c(nnc2C(F)(F)F)C1. The first-order valence-corrected chi connectivity index (χ1v) is 9.78. The summed E-state index contributed by atoms with van der Waals surface area (Å²) in [5.74, 6) is -1.54. The number of pyridine rings is 1. The Labute approximate surface area is 170 Å². The third kappa shape index (κ3) is 3.62. The van der Waals surface area contributed by atoms with Crippen LogP contribution in [-0.4, -0.2) is 49.4 Å². The predicted molar refractivity (Wildman–Crippen MR) is 98.9 cm³/mol. The van der Waals surface area contributed by atoms with Gasteiger partial charge in [0.25, 0.3) is 11.5 Å². The lowest BCUT2D eigenvalue weighted by molar-refractivity contribution is -0.147. The zero-order chi connectivity index (χ0) is 21.6. The van der Waals surface area contributed by atoms with E-state index >= 15 is 0 Å². The van der Waals surface area contributed by atoms with Crippen molar-refractivity contribution in [1.29, 1.82) is 0 Å². The van der Waals surface area contributed by atoms with Gasteiger partial charge < -0.3 is 18.8 Å². The molecule has 1 amide bonds. The molecule has 0 bridgehead atoms. The van der Waals surface area contributed by atoms with E-state index in [2.05, 4.69) is 10.2 Å². The first kappa shape index (κ1) is 20.6. The summed E-state index contributed by atoms with van der Waals surface area (Å²) in [7, 11) is 0. The van der Waals surface area contributed by atoms with Gasteiger partial charge in [0.1, 0.15) is 5.56 Å². The van der Waals surface area contributed by atoms with Crippen LogP contribution in [0.25, 0.3) is 0 Å². The predicted octanol–water partition coefficient (Wildman–Crippen LogP) is 1.91. The van der Waals surface area contributed by atoms with E-state index < -0.39 is 23.5 Å². The number of alkyl halides is 3. The molecule has 2 aromatic heterocycles. The standard InChI is InChI=1S/C19H22F3N5O3/c1-11-8-12(2)27(9-13-4-3-7-30-13)17(29)15(11)16(28)25-5-6-26-14(10-25)23-24-18(26)19(20,21)22/h8,13H,3-7,9-10H2,1-2H3/t13-/m1/s1. The highest BCUT2D eigenvalue weighted by Gasteiger charge is 2.40. The van der Waals surface area contributed by atoms with Gasteiger partial charge in [0.15, 0.2) is 5.82 Å². The minimum atomic E-state index is -4.61. The molecule has 0 aromatic carbocycles.